The summed E-state index contributed by atoms with van der Waals surface area (Å²) < 4.78 is 11.1. The zero-order valence-corrected chi connectivity index (χ0v) is 17.8. The van der Waals surface area contributed by atoms with Crippen LogP contribution in [-0.2, 0) is 9.59 Å². The number of aliphatic hydroxyl groups excluding tert-OH is 1. The van der Waals surface area contributed by atoms with Crippen molar-refractivity contribution in [3.8, 4) is 17.2 Å². The van der Waals surface area contributed by atoms with Crippen molar-refractivity contribution in [2.45, 2.75) is 6.04 Å². The van der Waals surface area contributed by atoms with Crippen molar-refractivity contribution < 1.29 is 29.3 Å². The van der Waals surface area contributed by atoms with Crippen LogP contribution in [0.1, 0.15) is 17.2 Å². The predicted molar refractivity (Wildman–Crippen MR) is 120 cm³/mol. The van der Waals surface area contributed by atoms with Crippen LogP contribution in [0.3, 0.4) is 0 Å². The third-order valence-electron chi connectivity index (χ3n) is 5.46. The van der Waals surface area contributed by atoms with E-state index >= 15 is 0 Å². The lowest BCUT2D eigenvalue weighted by atomic mass is 9.96. The molecule has 2 aliphatic heterocycles. The van der Waals surface area contributed by atoms with Crippen LogP contribution < -0.4 is 14.4 Å². The average Bonchev–Trinajstić information content (AvgIpc) is 3.10. The molecule has 9 heteroatoms. The fourth-order valence-electron chi connectivity index (χ4n) is 3.97. The third-order valence-corrected chi connectivity index (χ3v) is 5.69. The van der Waals surface area contributed by atoms with E-state index in [0.29, 0.717) is 30.3 Å². The minimum absolute atomic E-state index is 0.0414. The number of ether oxygens (including phenoxy) is 2. The summed E-state index contributed by atoms with van der Waals surface area (Å²) in [5.74, 6) is -1.51. The first kappa shape index (κ1) is 20.8. The van der Waals surface area contributed by atoms with Gasteiger partial charge in [0.05, 0.1) is 17.3 Å². The molecule has 3 heterocycles. The molecule has 33 heavy (non-hydrogen) atoms. The second-order valence-electron chi connectivity index (χ2n) is 7.45. The van der Waals surface area contributed by atoms with E-state index in [0.717, 1.165) is 4.90 Å². The van der Waals surface area contributed by atoms with Crippen LogP contribution in [0.25, 0.3) is 5.76 Å². The van der Waals surface area contributed by atoms with Gasteiger partial charge in [0.1, 0.15) is 24.7 Å². The number of halogens is 1. The number of aromatic hydroxyl groups is 1. The monoisotopic (exact) mass is 464 g/mol. The lowest BCUT2D eigenvalue weighted by Crippen LogP contribution is -2.29. The number of anilines is 1. The van der Waals surface area contributed by atoms with Gasteiger partial charge in [-0.2, -0.15) is 0 Å². The van der Waals surface area contributed by atoms with E-state index in [2.05, 4.69) is 4.98 Å². The number of nitrogens with zero attached hydrogens (tertiary/aromatic N) is 2. The molecule has 1 aromatic heterocycles. The van der Waals surface area contributed by atoms with E-state index in [1.165, 1.54) is 24.4 Å². The average molecular weight is 465 g/mol. The highest BCUT2D eigenvalue weighted by molar-refractivity contribution is 6.52. The summed E-state index contributed by atoms with van der Waals surface area (Å²) in [5.41, 5.74) is 0.639. The van der Waals surface area contributed by atoms with Gasteiger partial charge < -0.3 is 19.7 Å². The van der Waals surface area contributed by atoms with Crippen LogP contribution in [0.15, 0.2) is 66.5 Å². The topological polar surface area (TPSA) is 109 Å². The number of phenols is 1. The normalized spacial score (nSPS) is 19.1. The molecule has 1 unspecified atom stereocenters. The Bertz CT molecular complexity index is 1310. The molecular formula is C24H17ClN2O6. The number of amides is 1. The molecule has 0 aliphatic carbocycles. The molecule has 0 saturated carbocycles. The summed E-state index contributed by atoms with van der Waals surface area (Å²) in [6.45, 7) is 0.763. The first-order chi connectivity index (χ1) is 16.0. The molecule has 8 nitrogen and oxygen atoms in total. The maximum Gasteiger partial charge on any atom is 0.300 e. The Morgan fingerprint density at radius 3 is 2.61 bits per heavy atom. The molecule has 3 aromatic rings. The van der Waals surface area contributed by atoms with Gasteiger partial charge in [-0.1, -0.05) is 17.7 Å². The van der Waals surface area contributed by atoms with Crippen molar-refractivity contribution in [1.29, 1.82) is 0 Å². The minimum atomic E-state index is -1.05. The lowest BCUT2D eigenvalue weighted by Gasteiger charge is -2.26. The summed E-state index contributed by atoms with van der Waals surface area (Å²) in [5, 5.41) is 21.9. The number of carbonyl (C=O) groups excluding carboxylic acids is 2. The number of phenolic OH excluding ortho intramolecular Hbond substituents is 1. The van der Waals surface area contributed by atoms with Crippen molar-refractivity contribution in [3.05, 3.63) is 82.6 Å². The fourth-order valence-corrected chi connectivity index (χ4v) is 4.14. The number of benzene rings is 2. The minimum Gasteiger partial charge on any atom is -0.507 e. The highest BCUT2D eigenvalue weighted by Crippen LogP contribution is 2.45. The van der Waals surface area contributed by atoms with Crippen molar-refractivity contribution >= 4 is 34.7 Å². The van der Waals surface area contributed by atoms with Gasteiger partial charge in [0.2, 0.25) is 0 Å². The van der Waals surface area contributed by atoms with Gasteiger partial charge in [0.25, 0.3) is 11.7 Å². The smallest absolute Gasteiger partial charge is 0.300 e. The fraction of sp³-hybridized carbons (Fsp3) is 0.125. The standard InChI is InChI=1S/C24H17ClN2O6/c25-15-4-5-17(28)16(11-15)27-21(14-2-1-7-26-12-14)20(23(30)24(27)31)22(29)13-3-6-18-19(10-13)33-9-8-32-18/h1-7,10-12,21,28-29H,8-9H2/b22-20-. The Hall–Kier alpha value is -4.04. The van der Waals surface area contributed by atoms with Crippen molar-refractivity contribution in [2.75, 3.05) is 18.1 Å². The zero-order chi connectivity index (χ0) is 23.1. The molecule has 2 aromatic carbocycles. The molecule has 5 rings (SSSR count). The third kappa shape index (κ3) is 3.54. The van der Waals surface area contributed by atoms with Gasteiger partial charge in [-0.15, -0.1) is 0 Å². The number of carbonyl (C=O) groups is 2. The Morgan fingerprint density at radius 1 is 1.06 bits per heavy atom. The predicted octanol–water partition coefficient (Wildman–Crippen LogP) is 3.84. The SMILES string of the molecule is O=C1C(=O)N(c2cc(Cl)ccc2O)C(c2cccnc2)/C1=C(/O)c1ccc2c(c1)OCCO2. The lowest BCUT2D eigenvalue weighted by molar-refractivity contribution is -0.132. The number of aromatic nitrogens is 1. The molecule has 1 atom stereocenters. The summed E-state index contributed by atoms with van der Waals surface area (Å²) in [6.07, 6.45) is 3.04. The van der Waals surface area contributed by atoms with Gasteiger partial charge >= 0.3 is 0 Å². The Morgan fingerprint density at radius 2 is 1.85 bits per heavy atom. The van der Waals surface area contributed by atoms with Gasteiger partial charge in [-0.05, 0) is 48.0 Å². The number of hydrogen-bond donors (Lipinski definition) is 2. The quantitative estimate of drug-likeness (QED) is 0.344. The Balaban J connectivity index is 1.71. The molecule has 1 amide bonds. The molecule has 0 bridgehead atoms. The molecule has 2 aliphatic rings. The number of pyridine rings is 1. The molecule has 0 radical (unpaired) electrons. The van der Waals surface area contributed by atoms with E-state index in [4.69, 9.17) is 21.1 Å². The number of Topliss-reactive ketones (excluding diaryl/α,β-unsaturated/α-hetero) is 1. The maximum atomic E-state index is 13.2. The molecule has 2 N–H and O–H groups in total. The number of hydrogen-bond acceptors (Lipinski definition) is 7. The molecule has 1 saturated heterocycles. The highest BCUT2D eigenvalue weighted by Gasteiger charge is 2.48. The second-order valence-corrected chi connectivity index (χ2v) is 7.88. The van der Waals surface area contributed by atoms with E-state index in [1.807, 2.05) is 0 Å². The van der Waals surface area contributed by atoms with Crippen LogP contribution in [0.2, 0.25) is 5.02 Å². The maximum absolute atomic E-state index is 13.2. The van der Waals surface area contributed by atoms with Crippen molar-refractivity contribution in [1.82, 2.24) is 4.98 Å². The first-order valence-corrected chi connectivity index (χ1v) is 10.4. The molecular weight excluding hydrogens is 448 g/mol. The van der Waals surface area contributed by atoms with Gasteiger partial charge in [-0.3, -0.25) is 19.5 Å². The Labute approximate surface area is 193 Å². The van der Waals surface area contributed by atoms with E-state index in [1.54, 1.807) is 36.5 Å². The van der Waals surface area contributed by atoms with Crippen LogP contribution in [0, 0.1) is 0 Å². The molecule has 0 spiro atoms. The van der Waals surface area contributed by atoms with Crippen molar-refractivity contribution in [2.24, 2.45) is 0 Å². The van der Waals surface area contributed by atoms with Crippen LogP contribution in [-0.4, -0.2) is 40.1 Å². The van der Waals surface area contributed by atoms with Crippen molar-refractivity contribution in [3.63, 3.8) is 0 Å². The van der Waals surface area contributed by atoms with Gasteiger partial charge in [0.15, 0.2) is 11.5 Å². The number of rotatable bonds is 3. The number of aliphatic hydroxyl groups is 1. The van der Waals surface area contributed by atoms with Crippen LogP contribution in [0.5, 0.6) is 17.2 Å². The van der Waals surface area contributed by atoms with Gasteiger partial charge in [-0.25, -0.2) is 0 Å². The van der Waals surface area contributed by atoms with Crippen LogP contribution in [0.4, 0.5) is 5.69 Å². The van der Waals surface area contributed by atoms with E-state index in [9.17, 15) is 19.8 Å². The number of fused-ring (bicyclic) bond motifs is 1. The first-order valence-electron chi connectivity index (χ1n) is 10.0. The molecule has 166 valence electrons. The highest BCUT2D eigenvalue weighted by atomic mass is 35.5. The van der Waals surface area contributed by atoms with Gasteiger partial charge in [0, 0.05) is 23.0 Å². The zero-order valence-electron chi connectivity index (χ0n) is 17.1. The second kappa shape index (κ2) is 8.14. The molecule has 1 fully saturated rings. The summed E-state index contributed by atoms with van der Waals surface area (Å²) in [6, 6.07) is 11.2. The Kier molecular flexibility index (Phi) is 5.14. The van der Waals surface area contributed by atoms with Crippen LogP contribution >= 0.6 is 11.6 Å². The van der Waals surface area contributed by atoms with E-state index < -0.39 is 17.7 Å². The summed E-state index contributed by atoms with van der Waals surface area (Å²) >= 11 is 6.10. The number of ketones is 1. The van der Waals surface area contributed by atoms with E-state index in [-0.39, 0.29) is 33.4 Å². The summed E-state index contributed by atoms with van der Waals surface area (Å²) in [7, 11) is 0. The summed E-state index contributed by atoms with van der Waals surface area (Å²) in [4.78, 5) is 31.5. The largest absolute Gasteiger partial charge is 0.507 e.